The molecule has 0 fully saturated rings. The quantitative estimate of drug-likeness (QED) is 0.295. The maximum absolute atomic E-state index is 10.6. The van der Waals surface area contributed by atoms with Crippen molar-refractivity contribution in [3.8, 4) is 0 Å². The summed E-state index contributed by atoms with van der Waals surface area (Å²) in [6, 6.07) is 0. The number of ketones is 3. The van der Waals surface area contributed by atoms with Crippen LogP contribution in [0, 0.1) is 0 Å². The van der Waals surface area contributed by atoms with Crippen molar-refractivity contribution in [1.82, 2.24) is 0 Å². The van der Waals surface area contributed by atoms with E-state index in [1.807, 2.05) is 0 Å². The number of hydrogen-bond donors (Lipinski definition) is 0. The van der Waals surface area contributed by atoms with Crippen molar-refractivity contribution in [2.45, 2.75) is 19.8 Å². The van der Waals surface area contributed by atoms with Crippen molar-refractivity contribution >= 4 is 46.5 Å². The molecule has 0 aromatic rings. The molecule has 0 N–H and O–H groups in total. The Balaban J connectivity index is 0. The third-order valence-corrected chi connectivity index (χ3v) is 2.04. The lowest BCUT2D eigenvalue weighted by molar-refractivity contribution is -0.144. The van der Waals surface area contributed by atoms with Crippen LogP contribution in [0.2, 0.25) is 0 Å². The molecule has 19 heavy (non-hydrogen) atoms. The topological polar surface area (TPSA) is 77.5 Å². The second-order valence-corrected chi connectivity index (χ2v) is 3.91. The van der Waals surface area contributed by atoms with Crippen molar-refractivity contribution in [2.24, 2.45) is 0 Å². The Labute approximate surface area is 121 Å². The van der Waals surface area contributed by atoms with E-state index in [4.69, 9.17) is 23.2 Å². The second kappa shape index (κ2) is 13.2. The molecule has 0 unspecified atom stereocenters. The first-order valence-electron chi connectivity index (χ1n) is 5.28. The first kappa shape index (κ1) is 20.1. The number of Topliss-reactive ketones (excluding diaryl/α,β-unsaturated/α-hetero) is 3. The van der Waals surface area contributed by atoms with E-state index in [0.29, 0.717) is 0 Å². The van der Waals surface area contributed by atoms with Crippen LogP contribution in [0.4, 0.5) is 0 Å². The molecule has 0 saturated heterocycles. The van der Waals surface area contributed by atoms with E-state index < -0.39 is 5.97 Å². The normalized spacial score (nSPS) is 8.79. The molecule has 0 aliphatic carbocycles. The molecule has 0 aromatic carbocycles. The van der Waals surface area contributed by atoms with E-state index in [-0.39, 0.29) is 48.6 Å². The van der Waals surface area contributed by atoms with Gasteiger partial charge in [-0.25, -0.2) is 0 Å². The van der Waals surface area contributed by atoms with Gasteiger partial charge in [0.2, 0.25) is 0 Å². The van der Waals surface area contributed by atoms with Crippen molar-refractivity contribution in [3.05, 3.63) is 12.7 Å². The van der Waals surface area contributed by atoms with Crippen LogP contribution in [0.5, 0.6) is 0 Å². The average molecular weight is 311 g/mol. The van der Waals surface area contributed by atoms with Gasteiger partial charge in [-0.15, -0.1) is 23.2 Å². The van der Waals surface area contributed by atoms with Crippen LogP contribution in [0.25, 0.3) is 0 Å². The molecule has 0 amide bonds. The monoisotopic (exact) mass is 310 g/mol. The van der Waals surface area contributed by atoms with E-state index in [1.54, 1.807) is 0 Å². The van der Waals surface area contributed by atoms with Gasteiger partial charge in [0, 0.05) is 0 Å². The summed E-state index contributed by atoms with van der Waals surface area (Å²) in [7, 11) is 0. The number of esters is 1. The Kier molecular flexibility index (Phi) is 14.0. The number of carbonyl (C=O) groups excluding carboxylic acids is 4. The summed E-state index contributed by atoms with van der Waals surface area (Å²) in [5, 5.41) is 0. The lowest BCUT2D eigenvalue weighted by atomic mass is 10.2. The molecule has 0 heterocycles. The van der Waals surface area contributed by atoms with Crippen LogP contribution in [-0.4, -0.2) is 41.7 Å². The molecular formula is C12H16Cl2O5. The van der Waals surface area contributed by atoms with Crippen LogP contribution in [-0.2, 0) is 23.9 Å². The first-order valence-corrected chi connectivity index (χ1v) is 6.35. The minimum absolute atomic E-state index is 0.0243. The predicted molar refractivity (Wildman–Crippen MR) is 72.5 cm³/mol. The summed E-state index contributed by atoms with van der Waals surface area (Å²) >= 11 is 10.2. The first-order chi connectivity index (χ1) is 8.87. The van der Waals surface area contributed by atoms with Crippen LogP contribution < -0.4 is 0 Å². The fourth-order valence-electron chi connectivity index (χ4n) is 0.736. The summed E-state index contributed by atoms with van der Waals surface area (Å²) < 4.78 is 4.53. The minimum Gasteiger partial charge on any atom is -0.461 e. The van der Waals surface area contributed by atoms with E-state index in [0.717, 1.165) is 0 Å². The van der Waals surface area contributed by atoms with Crippen LogP contribution in [0.15, 0.2) is 12.7 Å². The highest BCUT2D eigenvalue weighted by molar-refractivity contribution is 6.29. The van der Waals surface area contributed by atoms with Crippen LogP contribution in [0.1, 0.15) is 19.8 Å². The fourth-order valence-corrected chi connectivity index (χ4v) is 0.925. The number of ether oxygens (including phenoxy) is 1. The Morgan fingerprint density at radius 1 is 1.05 bits per heavy atom. The highest BCUT2D eigenvalue weighted by Crippen LogP contribution is 1.90. The van der Waals surface area contributed by atoms with Gasteiger partial charge in [0.05, 0.1) is 18.2 Å². The highest BCUT2D eigenvalue weighted by Gasteiger charge is 2.07. The summed E-state index contributed by atoms with van der Waals surface area (Å²) in [6.45, 7) is 4.84. The highest BCUT2D eigenvalue weighted by atomic mass is 35.5. The smallest absolute Gasteiger partial charge is 0.313 e. The van der Waals surface area contributed by atoms with Gasteiger partial charge >= 0.3 is 5.97 Å². The van der Waals surface area contributed by atoms with E-state index in [2.05, 4.69) is 11.3 Å². The summed E-state index contributed by atoms with van der Waals surface area (Å²) in [5.74, 6) is -1.44. The molecule has 0 aromatic heterocycles. The SMILES string of the molecule is C=CCOC(=O)CC(=O)CCl.CC(=O)CC(=O)CCl. The molecule has 5 nitrogen and oxygen atoms in total. The van der Waals surface area contributed by atoms with Gasteiger partial charge in [0.15, 0.2) is 11.6 Å². The molecule has 7 heteroatoms. The number of hydrogen-bond acceptors (Lipinski definition) is 5. The van der Waals surface area contributed by atoms with Gasteiger partial charge in [-0.2, -0.15) is 0 Å². The molecule has 0 atom stereocenters. The third kappa shape index (κ3) is 16.8. The van der Waals surface area contributed by atoms with E-state index >= 15 is 0 Å². The number of halogens is 2. The van der Waals surface area contributed by atoms with Gasteiger partial charge in [-0.05, 0) is 6.92 Å². The predicted octanol–water partition coefficient (Wildman–Crippen LogP) is 1.69. The third-order valence-electron chi connectivity index (χ3n) is 1.45. The van der Waals surface area contributed by atoms with Crippen molar-refractivity contribution in [1.29, 1.82) is 0 Å². The van der Waals surface area contributed by atoms with Crippen LogP contribution in [0.3, 0.4) is 0 Å². The number of alkyl halides is 2. The molecule has 0 radical (unpaired) electrons. The van der Waals surface area contributed by atoms with Gasteiger partial charge in [-0.3, -0.25) is 19.2 Å². The zero-order chi connectivity index (χ0) is 15.3. The Hall–Kier alpha value is -1.20. The Morgan fingerprint density at radius 3 is 1.84 bits per heavy atom. The van der Waals surface area contributed by atoms with Gasteiger partial charge in [0.1, 0.15) is 18.8 Å². The number of carbonyl (C=O) groups is 4. The summed E-state index contributed by atoms with van der Waals surface area (Å²) in [6.07, 6.45) is 1.16. The lowest BCUT2D eigenvalue weighted by Crippen LogP contribution is -2.11. The molecule has 0 rings (SSSR count). The Bertz CT molecular complexity index is 339. The minimum atomic E-state index is -0.560. The average Bonchev–Trinajstić information content (AvgIpc) is 2.36. The van der Waals surface area contributed by atoms with E-state index in [1.165, 1.54) is 13.0 Å². The summed E-state index contributed by atoms with van der Waals surface area (Å²) in [5.41, 5.74) is 0. The van der Waals surface area contributed by atoms with Gasteiger partial charge in [0.25, 0.3) is 0 Å². The molecule has 0 aliphatic heterocycles. The second-order valence-electron chi connectivity index (χ2n) is 3.37. The maximum atomic E-state index is 10.6. The zero-order valence-corrected chi connectivity index (χ0v) is 12.1. The lowest BCUT2D eigenvalue weighted by Gasteiger charge is -1.98. The van der Waals surface area contributed by atoms with Crippen LogP contribution >= 0.6 is 23.2 Å². The van der Waals surface area contributed by atoms with Crippen molar-refractivity contribution < 1.29 is 23.9 Å². The van der Waals surface area contributed by atoms with Gasteiger partial charge in [-0.1, -0.05) is 12.7 Å². The maximum Gasteiger partial charge on any atom is 0.313 e. The molecular weight excluding hydrogens is 295 g/mol. The Morgan fingerprint density at radius 2 is 1.53 bits per heavy atom. The fraction of sp³-hybridized carbons (Fsp3) is 0.500. The summed E-state index contributed by atoms with van der Waals surface area (Å²) in [4.78, 5) is 41.6. The zero-order valence-electron chi connectivity index (χ0n) is 10.6. The number of rotatable bonds is 8. The van der Waals surface area contributed by atoms with E-state index in [9.17, 15) is 19.2 Å². The van der Waals surface area contributed by atoms with Crippen molar-refractivity contribution in [3.63, 3.8) is 0 Å². The molecule has 0 aliphatic rings. The molecule has 0 saturated carbocycles. The van der Waals surface area contributed by atoms with Crippen molar-refractivity contribution in [2.75, 3.05) is 18.4 Å². The molecule has 0 spiro atoms. The largest absolute Gasteiger partial charge is 0.461 e. The molecule has 108 valence electrons. The van der Waals surface area contributed by atoms with Gasteiger partial charge < -0.3 is 4.74 Å². The standard InChI is InChI=1S/C7H9ClO3.C5H7ClO2/c1-2-3-11-7(10)4-6(9)5-8;1-4(7)2-5(8)3-6/h2H,1,3-5H2;2-3H2,1H3. The molecule has 0 bridgehead atoms.